The van der Waals surface area contributed by atoms with Crippen molar-refractivity contribution in [1.29, 1.82) is 0 Å². The second kappa shape index (κ2) is 4.85. The second-order valence-corrected chi connectivity index (χ2v) is 4.55. The lowest BCUT2D eigenvalue weighted by atomic mass is 10.2. The SMILES string of the molecule is CCOC(=O)c1cc(C)n(-c2ccc3[nH]ccc3c2)n1.[HH]. The van der Waals surface area contributed by atoms with Crippen LogP contribution in [0, 0.1) is 6.92 Å². The second-order valence-electron chi connectivity index (χ2n) is 4.55. The van der Waals surface area contributed by atoms with Gasteiger partial charge in [0.25, 0.3) is 0 Å². The molecule has 0 spiro atoms. The molecule has 5 heteroatoms. The molecule has 2 heterocycles. The number of carbonyl (C=O) groups excluding carboxylic acids is 1. The van der Waals surface area contributed by atoms with Crippen LogP contribution < -0.4 is 0 Å². The van der Waals surface area contributed by atoms with Crippen molar-refractivity contribution in [2.75, 3.05) is 6.61 Å². The molecule has 0 bridgehead atoms. The highest BCUT2D eigenvalue weighted by molar-refractivity contribution is 5.87. The van der Waals surface area contributed by atoms with E-state index >= 15 is 0 Å². The minimum absolute atomic E-state index is 0. The standard InChI is InChI=1S/C15H15N3O2.H2/c1-3-20-15(19)14-8-10(2)18(17-14)12-4-5-13-11(9-12)6-7-16-13;/h4-9,16H,3H2,1-2H3;1H. The van der Waals surface area contributed by atoms with Crippen LogP contribution in [0.2, 0.25) is 0 Å². The van der Waals surface area contributed by atoms with Gasteiger partial charge in [0, 0.05) is 24.2 Å². The van der Waals surface area contributed by atoms with E-state index < -0.39 is 5.97 Å². The van der Waals surface area contributed by atoms with Gasteiger partial charge in [-0.05, 0) is 44.2 Å². The molecule has 0 radical (unpaired) electrons. The highest BCUT2D eigenvalue weighted by atomic mass is 16.5. The fourth-order valence-electron chi connectivity index (χ4n) is 2.21. The number of carbonyl (C=O) groups is 1. The molecular weight excluding hydrogens is 254 g/mol. The van der Waals surface area contributed by atoms with Gasteiger partial charge in [-0.2, -0.15) is 5.10 Å². The molecule has 0 saturated carbocycles. The number of aromatic nitrogens is 3. The predicted octanol–water partition coefficient (Wildman–Crippen LogP) is 3.08. The maximum Gasteiger partial charge on any atom is 0.358 e. The van der Waals surface area contributed by atoms with Crippen molar-refractivity contribution in [3.63, 3.8) is 0 Å². The minimum Gasteiger partial charge on any atom is -0.461 e. The van der Waals surface area contributed by atoms with Gasteiger partial charge in [0.15, 0.2) is 5.69 Å². The zero-order valence-corrected chi connectivity index (χ0v) is 11.4. The van der Waals surface area contributed by atoms with Crippen molar-refractivity contribution in [3.8, 4) is 5.69 Å². The summed E-state index contributed by atoms with van der Waals surface area (Å²) in [4.78, 5) is 14.9. The highest BCUT2D eigenvalue weighted by Gasteiger charge is 2.14. The van der Waals surface area contributed by atoms with Crippen LogP contribution in [0.25, 0.3) is 16.6 Å². The van der Waals surface area contributed by atoms with E-state index in [4.69, 9.17) is 4.74 Å². The molecule has 0 amide bonds. The highest BCUT2D eigenvalue weighted by Crippen LogP contribution is 2.19. The van der Waals surface area contributed by atoms with Gasteiger partial charge in [-0.3, -0.25) is 0 Å². The molecule has 1 N–H and O–H groups in total. The van der Waals surface area contributed by atoms with Crippen LogP contribution in [0.3, 0.4) is 0 Å². The number of ether oxygens (including phenoxy) is 1. The fourth-order valence-corrected chi connectivity index (χ4v) is 2.21. The van der Waals surface area contributed by atoms with Crippen LogP contribution in [0.4, 0.5) is 0 Å². The van der Waals surface area contributed by atoms with E-state index in [0.717, 1.165) is 22.3 Å². The number of hydrogen-bond donors (Lipinski definition) is 1. The van der Waals surface area contributed by atoms with Crippen molar-refractivity contribution in [3.05, 3.63) is 47.9 Å². The molecule has 1 aromatic carbocycles. The molecule has 0 unspecified atom stereocenters. The first-order valence-electron chi connectivity index (χ1n) is 6.50. The molecule has 0 aliphatic heterocycles. The molecule has 0 aliphatic rings. The third-order valence-electron chi connectivity index (χ3n) is 3.15. The zero-order valence-electron chi connectivity index (χ0n) is 11.4. The third kappa shape index (κ3) is 2.07. The van der Waals surface area contributed by atoms with Crippen LogP contribution >= 0.6 is 0 Å². The average molecular weight is 271 g/mol. The van der Waals surface area contributed by atoms with Crippen LogP contribution in [0.1, 0.15) is 24.5 Å². The van der Waals surface area contributed by atoms with Gasteiger partial charge in [-0.25, -0.2) is 9.48 Å². The summed E-state index contributed by atoms with van der Waals surface area (Å²) in [6, 6.07) is 9.73. The van der Waals surface area contributed by atoms with Gasteiger partial charge in [0.05, 0.1) is 12.3 Å². The number of fused-ring (bicyclic) bond motifs is 1. The molecule has 0 saturated heterocycles. The van der Waals surface area contributed by atoms with Gasteiger partial charge in [-0.1, -0.05) is 0 Å². The van der Waals surface area contributed by atoms with Crippen molar-refractivity contribution in [1.82, 2.24) is 14.8 Å². The van der Waals surface area contributed by atoms with E-state index in [-0.39, 0.29) is 1.43 Å². The van der Waals surface area contributed by atoms with E-state index in [1.54, 1.807) is 17.7 Å². The average Bonchev–Trinajstić information content (AvgIpc) is 3.04. The van der Waals surface area contributed by atoms with E-state index in [1.807, 2.05) is 37.4 Å². The Morgan fingerprint density at radius 1 is 1.40 bits per heavy atom. The lowest BCUT2D eigenvalue weighted by Gasteiger charge is -2.04. The number of H-pyrrole nitrogens is 1. The Kier molecular flexibility index (Phi) is 3.02. The van der Waals surface area contributed by atoms with Crippen LogP contribution in [0.5, 0.6) is 0 Å². The topological polar surface area (TPSA) is 59.9 Å². The van der Waals surface area contributed by atoms with Crippen molar-refractivity contribution in [2.24, 2.45) is 0 Å². The summed E-state index contributed by atoms with van der Waals surface area (Å²) >= 11 is 0. The molecule has 3 rings (SSSR count). The Labute approximate surface area is 117 Å². The summed E-state index contributed by atoms with van der Waals surface area (Å²) < 4.78 is 6.72. The first-order chi connectivity index (χ1) is 9.69. The van der Waals surface area contributed by atoms with Gasteiger partial charge in [-0.15, -0.1) is 0 Å². The van der Waals surface area contributed by atoms with Gasteiger partial charge in [0.2, 0.25) is 0 Å². The third-order valence-corrected chi connectivity index (χ3v) is 3.15. The molecular formula is C15H17N3O2. The zero-order chi connectivity index (χ0) is 14.1. The first-order valence-corrected chi connectivity index (χ1v) is 6.50. The molecule has 0 fully saturated rings. The number of nitrogens with zero attached hydrogens (tertiary/aromatic N) is 2. The summed E-state index contributed by atoms with van der Waals surface area (Å²) in [6.07, 6.45) is 1.90. The van der Waals surface area contributed by atoms with Gasteiger partial charge < -0.3 is 9.72 Å². The maximum absolute atomic E-state index is 11.7. The maximum atomic E-state index is 11.7. The number of aryl methyl sites for hydroxylation is 1. The monoisotopic (exact) mass is 271 g/mol. The van der Waals surface area contributed by atoms with Crippen molar-refractivity contribution < 1.29 is 11.0 Å². The number of rotatable bonds is 3. The van der Waals surface area contributed by atoms with E-state index in [1.165, 1.54) is 0 Å². The molecule has 2 aromatic heterocycles. The Balaban J connectivity index is 0.00000161. The summed E-state index contributed by atoms with van der Waals surface area (Å²) in [5, 5.41) is 5.43. The van der Waals surface area contributed by atoms with Crippen LogP contribution in [0.15, 0.2) is 36.5 Å². The Morgan fingerprint density at radius 3 is 3.05 bits per heavy atom. The largest absolute Gasteiger partial charge is 0.461 e. The lowest BCUT2D eigenvalue weighted by Crippen LogP contribution is -2.06. The van der Waals surface area contributed by atoms with Crippen molar-refractivity contribution >= 4 is 16.9 Å². The number of hydrogen-bond acceptors (Lipinski definition) is 3. The minimum atomic E-state index is -0.392. The van der Waals surface area contributed by atoms with Gasteiger partial charge >= 0.3 is 5.97 Å². The normalized spacial score (nSPS) is 10.9. The van der Waals surface area contributed by atoms with Crippen LogP contribution in [-0.4, -0.2) is 27.3 Å². The Hall–Kier alpha value is -2.56. The smallest absolute Gasteiger partial charge is 0.358 e. The number of aromatic amines is 1. The first kappa shape index (κ1) is 12.5. The molecule has 0 atom stereocenters. The molecule has 0 aliphatic carbocycles. The van der Waals surface area contributed by atoms with Crippen LogP contribution in [-0.2, 0) is 4.74 Å². The van der Waals surface area contributed by atoms with Gasteiger partial charge in [0.1, 0.15) is 0 Å². The van der Waals surface area contributed by atoms with E-state index in [0.29, 0.717) is 12.3 Å². The Bertz CT molecular complexity index is 776. The molecule has 3 aromatic rings. The molecule has 5 nitrogen and oxygen atoms in total. The molecule has 20 heavy (non-hydrogen) atoms. The summed E-state index contributed by atoms with van der Waals surface area (Å²) in [5.41, 5.74) is 3.22. The quantitative estimate of drug-likeness (QED) is 0.745. The van der Waals surface area contributed by atoms with E-state index in [9.17, 15) is 4.79 Å². The Morgan fingerprint density at radius 2 is 2.25 bits per heavy atom. The number of benzene rings is 1. The predicted molar refractivity (Wildman–Crippen MR) is 78.2 cm³/mol. The number of esters is 1. The molecule has 104 valence electrons. The summed E-state index contributed by atoms with van der Waals surface area (Å²) in [6.45, 7) is 4.04. The lowest BCUT2D eigenvalue weighted by molar-refractivity contribution is 0.0519. The van der Waals surface area contributed by atoms with E-state index in [2.05, 4.69) is 10.1 Å². The van der Waals surface area contributed by atoms with Crippen molar-refractivity contribution in [2.45, 2.75) is 13.8 Å². The summed E-state index contributed by atoms with van der Waals surface area (Å²) in [5.74, 6) is -0.392. The number of nitrogens with one attached hydrogen (secondary N) is 1. The fraction of sp³-hybridized carbons (Fsp3) is 0.200. The summed E-state index contributed by atoms with van der Waals surface area (Å²) in [7, 11) is 0.